The van der Waals surface area contributed by atoms with Crippen molar-refractivity contribution in [2.45, 2.75) is 54.5 Å². The maximum absolute atomic E-state index is 3.10. The van der Waals surface area contributed by atoms with Crippen LogP contribution in [0.4, 0.5) is 0 Å². The number of hydrogen-bond acceptors (Lipinski definition) is 1. The number of aryl methyl sites for hydroxylation is 1. The maximum Gasteiger partial charge on any atom is 0.0164 e. The van der Waals surface area contributed by atoms with Gasteiger partial charge in [-0.05, 0) is 19.8 Å². The summed E-state index contributed by atoms with van der Waals surface area (Å²) in [4.78, 5) is 0. The van der Waals surface area contributed by atoms with Crippen molar-refractivity contribution in [3.8, 4) is 0 Å². The van der Waals surface area contributed by atoms with Crippen LogP contribution in [0.5, 0.6) is 0 Å². The predicted octanol–water partition coefficient (Wildman–Crippen LogP) is 4.66. The lowest BCUT2D eigenvalue weighted by Gasteiger charge is -1.82. The lowest BCUT2D eigenvalue weighted by molar-refractivity contribution is 0.737. The topological polar surface area (TPSA) is 21.9 Å². The quantitative estimate of drug-likeness (QED) is 0.651. The summed E-state index contributed by atoms with van der Waals surface area (Å²) in [6.45, 7) is 16.0. The summed E-state index contributed by atoms with van der Waals surface area (Å²) in [6.07, 6.45) is 0. The summed E-state index contributed by atoms with van der Waals surface area (Å²) in [7, 11) is 0. The van der Waals surface area contributed by atoms with Gasteiger partial charge in [-0.15, -0.1) is 0 Å². The molecule has 100 valence electrons. The van der Waals surface area contributed by atoms with Crippen LogP contribution >= 0.6 is 0 Å². The van der Waals surface area contributed by atoms with Gasteiger partial charge in [0.1, 0.15) is 0 Å². The molecular formula is C16H31N. The first-order valence-corrected chi connectivity index (χ1v) is 6.77. The minimum absolute atomic E-state index is 0.833. The van der Waals surface area contributed by atoms with Crippen molar-refractivity contribution in [3.63, 3.8) is 0 Å². The van der Waals surface area contributed by atoms with Crippen LogP contribution in [0.2, 0.25) is 0 Å². The fraction of sp³-hybridized carbons (Fsp3) is 0.625. The maximum atomic E-state index is 3.10. The molecule has 17 heavy (non-hydrogen) atoms. The van der Waals surface area contributed by atoms with Crippen LogP contribution in [0, 0.1) is 12.8 Å². The number of rotatable bonds is 0. The molecule has 0 amide bonds. The Morgan fingerprint density at radius 2 is 1.35 bits per heavy atom. The van der Waals surface area contributed by atoms with E-state index in [1.807, 2.05) is 32.0 Å². The Balaban J connectivity index is 0. The number of hydrogen-bond donors (Lipinski definition) is 1. The first-order chi connectivity index (χ1) is 8.02. The van der Waals surface area contributed by atoms with Crippen molar-refractivity contribution in [1.82, 2.24) is 5.32 Å². The standard InChI is InChI=1S/C7H8.C4H10.C3H7N.C2H6/c1-7-5-3-2-4-6-7;1-4(2)3;1-3-2-4-3;1-2/h2-6H,1H3;4H,1-3H3;3-4H,2H2,1H3;1-2H3. The molecule has 0 saturated carbocycles. The van der Waals surface area contributed by atoms with Gasteiger partial charge in [0.2, 0.25) is 0 Å². The molecule has 1 heterocycles. The zero-order valence-corrected chi connectivity index (χ0v) is 12.7. The highest BCUT2D eigenvalue weighted by Crippen LogP contribution is 1.92. The highest BCUT2D eigenvalue weighted by atomic mass is 15.1. The van der Waals surface area contributed by atoms with E-state index in [-0.39, 0.29) is 0 Å². The van der Waals surface area contributed by atoms with Crippen LogP contribution in [0.15, 0.2) is 30.3 Å². The van der Waals surface area contributed by atoms with Gasteiger partial charge in [-0.25, -0.2) is 0 Å². The lowest BCUT2D eigenvalue weighted by atomic mass is 10.2. The highest BCUT2D eigenvalue weighted by Gasteiger charge is 2.10. The van der Waals surface area contributed by atoms with E-state index in [2.05, 4.69) is 52.1 Å². The molecule has 1 nitrogen and oxygen atoms in total. The average Bonchev–Trinajstić information content (AvgIpc) is 3.05. The summed E-state index contributed by atoms with van der Waals surface area (Å²) in [5.41, 5.74) is 1.32. The van der Waals surface area contributed by atoms with Crippen molar-refractivity contribution in [2.75, 3.05) is 6.54 Å². The smallest absolute Gasteiger partial charge is 0.0164 e. The second-order valence-electron chi connectivity index (χ2n) is 4.70. The number of nitrogens with one attached hydrogen (secondary N) is 1. The Bertz CT molecular complexity index is 222. The molecule has 1 aliphatic rings. The summed E-state index contributed by atoms with van der Waals surface area (Å²) in [5, 5.41) is 3.10. The third-order valence-corrected chi connectivity index (χ3v) is 1.55. The molecule has 1 saturated heterocycles. The van der Waals surface area contributed by atoms with Crippen LogP contribution in [0.1, 0.15) is 47.1 Å². The van der Waals surface area contributed by atoms with Crippen LogP contribution in [0.3, 0.4) is 0 Å². The highest BCUT2D eigenvalue weighted by molar-refractivity contribution is 5.11. The van der Waals surface area contributed by atoms with Crippen molar-refractivity contribution < 1.29 is 0 Å². The molecule has 0 aromatic heterocycles. The third-order valence-electron chi connectivity index (χ3n) is 1.55. The predicted molar refractivity (Wildman–Crippen MR) is 80.5 cm³/mol. The van der Waals surface area contributed by atoms with Gasteiger partial charge in [-0.2, -0.15) is 0 Å². The van der Waals surface area contributed by atoms with E-state index in [9.17, 15) is 0 Å². The number of benzene rings is 1. The fourth-order valence-corrected chi connectivity index (χ4v) is 0.652. The Labute approximate surface area is 109 Å². The molecule has 0 radical (unpaired) electrons. The van der Waals surface area contributed by atoms with E-state index in [0.717, 1.165) is 12.0 Å². The van der Waals surface area contributed by atoms with E-state index in [4.69, 9.17) is 0 Å². The second kappa shape index (κ2) is 13.2. The Kier molecular flexibility index (Phi) is 14.4. The van der Waals surface area contributed by atoms with Gasteiger partial charge in [0, 0.05) is 12.6 Å². The van der Waals surface area contributed by atoms with Gasteiger partial charge in [0.15, 0.2) is 0 Å². The van der Waals surface area contributed by atoms with Crippen LogP contribution in [-0.4, -0.2) is 12.6 Å². The lowest BCUT2D eigenvalue weighted by Crippen LogP contribution is -1.72. The Morgan fingerprint density at radius 1 is 1.06 bits per heavy atom. The molecular weight excluding hydrogens is 206 g/mol. The molecule has 1 fully saturated rings. The first-order valence-electron chi connectivity index (χ1n) is 6.77. The normalized spacial score (nSPS) is 15.4. The third kappa shape index (κ3) is 25.4. The summed E-state index contributed by atoms with van der Waals surface area (Å²) in [6, 6.07) is 11.1. The molecule has 1 aliphatic heterocycles. The van der Waals surface area contributed by atoms with Crippen molar-refractivity contribution in [1.29, 1.82) is 0 Å². The first kappa shape index (κ1) is 18.5. The van der Waals surface area contributed by atoms with Crippen LogP contribution < -0.4 is 5.32 Å². The molecule has 1 heteroatoms. The molecule has 0 aliphatic carbocycles. The Hall–Kier alpha value is -0.820. The van der Waals surface area contributed by atoms with Gasteiger partial charge < -0.3 is 5.32 Å². The molecule has 1 aromatic carbocycles. The fourth-order valence-electron chi connectivity index (χ4n) is 0.652. The Morgan fingerprint density at radius 3 is 1.47 bits per heavy atom. The minimum atomic E-state index is 0.833. The molecule has 1 unspecified atom stereocenters. The largest absolute Gasteiger partial charge is 0.311 e. The molecule has 0 spiro atoms. The van der Waals surface area contributed by atoms with E-state index >= 15 is 0 Å². The SMILES string of the molecule is CC.CC(C)C.CC1CN1.Cc1ccccc1. The summed E-state index contributed by atoms with van der Waals surface area (Å²) >= 11 is 0. The average molecular weight is 237 g/mol. The van der Waals surface area contributed by atoms with Gasteiger partial charge in [-0.1, -0.05) is 70.5 Å². The molecule has 1 atom stereocenters. The van der Waals surface area contributed by atoms with E-state index < -0.39 is 0 Å². The molecule has 1 aromatic rings. The van der Waals surface area contributed by atoms with Gasteiger partial charge in [-0.3, -0.25) is 0 Å². The second-order valence-corrected chi connectivity index (χ2v) is 4.70. The van der Waals surface area contributed by atoms with Crippen molar-refractivity contribution in [3.05, 3.63) is 35.9 Å². The van der Waals surface area contributed by atoms with Gasteiger partial charge in [0.05, 0.1) is 0 Å². The molecule has 2 rings (SSSR count). The monoisotopic (exact) mass is 237 g/mol. The zero-order valence-electron chi connectivity index (χ0n) is 12.7. The van der Waals surface area contributed by atoms with Crippen LogP contribution in [-0.2, 0) is 0 Å². The van der Waals surface area contributed by atoms with E-state index in [1.165, 1.54) is 12.1 Å². The van der Waals surface area contributed by atoms with E-state index in [0.29, 0.717) is 0 Å². The molecule has 0 bridgehead atoms. The zero-order chi connectivity index (χ0) is 13.7. The van der Waals surface area contributed by atoms with Crippen molar-refractivity contribution in [2.24, 2.45) is 5.92 Å². The van der Waals surface area contributed by atoms with Crippen LogP contribution in [0.25, 0.3) is 0 Å². The van der Waals surface area contributed by atoms with E-state index in [1.54, 1.807) is 0 Å². The van der Waals surface area contributed by atoms with Gasteiger partial charge >= 0.3 is 0 Å². The van der Waals surface area contributed by atoms with Crippen molar-refractivity contribution >= 4 is 0 Å². The minimum Gasteiger partial charge on any atom is -0.311 e. The molecule has 1 N–H and O–H groups in total. The van der Waals surface area contributed by atoms with Gasteiger partial charge in [0.25, 0.3) is 0 Å². The summed E-state index contributed by atoms with van der Waals surface area (Å²) < 4.78 is 0. The summed E-state index contributed by atoms with van der Waals surface area (Å²) in [5.74, 6) is 0.833.